The number of aromatic nitrogens is 1. The van der Waals surface area contributed by atoms with Crippen LogP contribution >= 0.6 is 0 Å². The van der Waals surface area contributed by atoms with E-state index in [0.29, 0.717) is 17.9 Å². The van der Waals surface area contributed by atoms with Gasteiger partial charge < -0.3 is 10.4 Å². The summed E-state index contributed by atoms with van der Waals surface area (Å²) in [4.78, 5) is 4.11. The van der Waals surface area contributed by atoms with Gasteiger partial charge in [0.05, 0.1) is 17.2 Å². The highest BCUT2D eigenvalue weighted by Gasteiger charge is 2.30. The highest BCUT2D eigenvalue weighted by Crippen LogP contribution is 2.29. The van der Waals surface area contributed by atoms with Gasteiger partial charge in [0.15, 0.2) is 0 Å². The first-order valence-electron chi connectivity index (χ1n) is 5.54. The molecule has 0 spiro atoms. The predicted octanol–water partition coefficient (Wildman–Crippen LogP) is 1.67. The van der Waals surface area contributed by atoms with E-state index in [1.54, 1.807) is 18.3 Å². The van der Waals surface area contributed by atoms with Crippen molar-refractivity contribution in [2.24, 2.45) is 0 Å². The van der Waals surface area contributed by atoms with Crippen LogP contribution in [0, 0.1) is 11.3 Å². The highest BCUT2D eigenvalue weighted by atomic mass is 16.3. The molecule has 1 saturated carbocycles. The van der Waals surface area contributed by atoms with Crippen molar-refractivity contribution in [3.8, 4) is 6.07 Å². The van der Waals surface area contributed by atoms with Crippen molar-refractivity contribution in [2.45, 2.75) is 31.3 Å². The second-order valence-corrected chi connectivity index (χ2v) is 4.33. The molecule has 0 atom stereocenters. The predicted molar refractivity (Wildman–Crippen MR) is 60.9 cm³/mol. The van der Waals surface area contributed by atoms with E-state index >= 15 is 0 Å². The molecule has 1 heterocycles. The minimum absolute atomic E-state index is 0.509. The summed E-state index contributed by atoms with van der Waals surface area (Å²) in [7, 11) is 0. The Labute approximate surface area is 94.9 Å². The summed E-state index contributed by atoms with van der Waals surface area (Å²) >= 11 is 0. The van der Waals surface area contributed by atoms with E-state index in [1.807, 2.05) is 0 Å². The minimum atomic E-state index is -0.593. The van der Waals surface area contributed by atoms with Crippen LogP contribution in [0.4, 0.5) is 5.82 Å². The molecule has 4 heteroatoms. The van der Waals surface area contributed by atoms with Crippen LogP contribution in [0.25, 0.3) is 0 Å². The Kier molecular flexibility index (Phi) is 3.07. The van der Waals surface area contributed by atoms with E-state index in [4.69, 9.17) is 5.26 Å². The fraction of sp³-hybridized carbons (Fsp3) is 0.500. The van der Waals surface area contributed by atoms with Crippen LogP contribution in [0.3, 0.4) is 0 Å². The van der Waals surface area contributed by atoms with Gasteiger partial charge in [0.2, 0.25) is 0 Å². The minimum Gasteiger partial charge on any atom is -0.388 e. The van der Waals surface area contributed by atoms with Gasteiger partial charge in [0.25, 0.3) is 0 Å². The Morgan fingerprint density at radius 2 is 2.25 bits per heavy atom. The molecular weight excluding hydrogens is 202 g/mol. The lowest BCUT2D eigenvalue weighted by molar-refractivity contribution is 0.0614. The van der Waals surface area contributed by atoms with E-state index in [2.05, 4.69) is 16.4 Å². The normalized spacial score (nSPS) is 18.0. The number of nitriles is 1. The molecule has 84 valence electrons. The molecule has 1 aromatic rings. The standard InChI is InChI=1S/C12H15N3O/c13-8-10-3-6-14-11(7-10)15-9-12(16)4-1-2-5-12/h3,6-7,16H,1-2,4-5,9H2,(H,14,15). The number of nitrogens with one attached hydrogen (secondary N) is 1. The highest BCUT2D eigenvalue weighted by molar-refractivity contribution is 5.42. The monoisotopic (exact) mass is 217 g/mol. The molecule has 0 aliphatic heterocycles. The van der Waals surface area contributed by atoms with Gasteiger partial charge in [-0.05, 0) is 25.0 Å². The van der Waals surface area contributed by atoms with E-state index in [9.17, 15) is 5.11 Å². The van der Waals surface area contributed by atoms with Gasteiger partial charge in [-0.1, -0.05) is 12.8 Å². The molecule has 0 saturated heterocycles. The Balaban J connectivity index is 1.96. The van der Waals surface area contributed by atoms with Crippen molar-refractivity contribution in [1.29, 1.82) is 5.26 Å². The average Bonchev–Trinajstić information content (AvgIpc) is 2.75. The topological polar surface area (TPSA) is 68.9 Å². The van der Waals surface area contributed by atoms with Crippen LogP contribution < -0.4 is 5.32 Å². The van der Waals surface area contributed by atoms with Crippen LogP contribution in [-0.4, -0.2) is 22.2 Å². The van der Waals surface area contributed by atoms with E-state index in [1.165, 1.54) is 0 Å². The lowest BCUT2D eigenvalue weighted by atomic mass is 10.0. The molecule has 0 radical (unpaired) electrons. The lowest BCUT2D eigenvalue weighted by Gasteiger charge is -2.22. The Bertz CT molecular complexity index is 405. The van der Waals surface area contributed by atoms with E-state index in [0.717, 1.165) is 25.7 Å². The fourth-order valence-corrected chi connectivity index (χ4v) is 2.06. The van der Waals surface area contributed by atoms with Gasteiger partial charge in [0, 0.05) is 12.7 Å². The second-order valence-electron chi connectivity index (χ2n) is 4.33. The van der Waals surface area contributed by atoms with Crippen molar-refractivity contribution in [3.05, 3.63) is 23.9 Å². The van der Waals surface area contributed by atoms with Crippen LogP contribution in [0.5, 0.6) is 0 Å². The molecule has 16 heavy (non-hydrogen) atoms. The molecule has 0 amide bonds. The van der Waals surface area contributed by atoms with Crippen molar-refractivity contribution in [3.63, 3.8) is 0 Å². The molecule has 2 N–H and O–H groups in total. The number of aliphatic hydroxyl groups is 1. The molecule has 0 bridgehead atoms. The molecule has 1 fully saturated rings. The SMILES string of the molecule is N#Cc1ccnc(NCC2(O)CCCC2)c1. The summed E-state index contributed by atoms with van der Waals surface area (Å²) in [5, 5.41) is 22.0. The number of hydrogen-bond acceptors (Lipinski definition) is 4. The first-order valence-corrected chi connectivity index (χ1v) is 5.54. The zero-order chi connectivity index (χ0) is 11.4. The molecule has 1 aliphatic carbocycles. The number of hydrogen-bond donors (Lipinski definition) is 2. The van der Waals surface area contributed by atoms with Crippen molar-refractivity contribution >= 4 is 5.82 Å². The summed E-state index contributed by atoms with van der Waals surface area (Å²) in [5.74, 6) is 0.652. The molecule has 4 nitrogen and oxygen atoms in total. The maximum Gasteiger partial charge on any atom is 0.127 e. The second kappa shape index (κ2) is 4.50. The Morgan fingerprint density at radius 3 is 2.94 bits per heavy atom. The van der Waals surface area contributed by atoms with E-state index in [-0.39, 0.29) is 0 Å². The maximum atomic E-state index is 10.1. The third-order valence-corrected chi connectivity index (χ3v) is 3.02. The van der Waals surface area contributed by atoms with Crippen molar-refractivity contribution in [2.75, 3.05) is 11.9 Å². The van der Waals surface area contributed by atoms with E-state index < -0.39 is 5.60 Å². The molecular formula is C12H15N3O. The quantitative estimate of drug-likeness (QED) is 0.808. The average molecular weight is 217 g/mol. The van der Waals surface area contributed by atoms with Gasteiger partial charge in [-0.2, -0.15) is 5.26 Å². The number of nitrogens with zero attached hydrogens (tertiary/aromatic N) is 2. The Morgan fingerprint density at radius 1 is 1.50 bits per heavy atom. The van der Waals surface area contributed by atoms with Gasteiger partial charge in [-0.25, -0.2) is 4.98 Å². The largest absolute Gasteiger partial charge is 0.388 e. The van der Waals surface area contributed by atoms with Crippen LogP contribution in [0.15, 0.2) is 18.3 Å². The third kappa shape index (κ3) is 2.50. The maximum absolute atomic E-state index is 10.1. The number of anilines is 1. The van der Waals surface area contributed by atoms with Crippen molar-refractivity contribution < 1.29 is 5.11 Å². The molecule has 1 aromatic heterocycles. The van der Waals surface area contributed by atoms with Crippen LogP contribution in [0.1, 0.15) is 31.2 Å². The van der Waals surface area contributed by atoms with Gasteiger partial charge in [-0.15, -0.1) is 0 Å². The fourth-order valence-electron chi connectivity index (χ4n) is 2.06. The molecule has 0 aromatic carbocycles. The van der Waals surface area contributed by atoms with Gasteiger partial charge >= 0.3 is 0 Å². The summed E-state index contributed by atoms with van der Waals surface area (Å²) < 4.78 is 0. The lowest BCUT2D eigenvalue weighted by Crippen LogP contribution is -2.33. The first kappa shape index (κ1) is 10.9. The smallest absolute Gasteiger partial charge is 0.127 e. The van der Waals surface area contributed by atoms with Gasteiger partial charge in [-0.3, -0.25) is 0 Å². The summed E-state index contributed by atoms with van der Waals surface area (Å²) in [6.07, 6.45) is 5.46. The number of rotatable bonds is 3. The summed E-state index contributed by atoms with van der Waals surface area (Å²) in [5.41, 5.74) is -0.0134. The first-order chi connectivity index (χ1) is 7.72. The molecule has 1 aliphatic rings. The third-order valence-electron chi connectivity index (χ3n) is 3.02. The zero-order valence-electron chi connectivity index (χ0n) is 9.11. The van der Waals surface area contributed by atoms with Gasteiger partial charge in [0.1, 0.15) is 5.82 Å². The zero-order valence-corrected chi connectivity index (χ0v) is 9.11. The van der Waals surface area contributed by atoms with Crippen LogP contribution in [-0.2, 0) is 0 Å². The van der Waals surface area contributed by atoms with Crippen LogP contribution in [0.2, 0.25) is 0 Å². The summed E-state index contributed by atoms with van der Waals surface area (Å²) in [6, 6.07) is 5.42. The molecule has 2 rings (SSSR count). The number of pyridine rings is 1. The van der Waals surface area contributed by atoms with Crippen molar-refractivity contribution in [1.82, 2.24) is 4.98 Å². The molecule has 0 unspecified atom stereocenters. The Hall–Kier alpha value is -1.60. The summed E-state index contributed by atoms with van der Waals surface area (Å²) in [6.45, 7) is 0.509.